The minimum atomic E-state index is -3.09. The van der Waals surface area contributed by atoms with Crippen LogP contribution in [0.5, 0.6) is 0 Å². The van der Waals surface area contributed by atoms with Crippen molar-refractivity contribution in [3.63, 3.8) is 0 Å². The molecular formula is C23H35IN4O3S. The Balaban J connectivity index is 0.00000363. The van der Waals surface area contributed by atoms with Crippen LogP contribution in [0.3, 0.4) is 0 Å². The van der Waals surface area contributed by atoms with Crippen molar-refractivity contribution in [1.29, 1.82) is 0 Å². The molecule has 2 aromatic rings. The SMILES string of the molecule is CCNC(=NCc1ccccc1CN(C)Cc1ccco1)N1CCS(=O)(=O)C(C)(C)C1.I. The summed E-state index contributed by atoms with van der Waals surface area (Å²) in [6.45, 7) is 9.32. The number of sulfone groups is 1. The van der Waals surface area contributed by atoms with E-state index in [9.17, 15) is 8.42 Å². The second-order valence-electron chi connectivity index (χ2n) is 8.69. The highest BCUT2D eigenvalue weighted by Gasteiger charge is 2.40. The second kappa shape index (κ2) is 11.5. The van der Waals surface area contributed by atoms with Gasteiger partial charge in [0.15, 0.2) is 15.8 Å². The van der Waals surface area contributed by atoms with E-state index in [1.165, 1.54) is 5.56 Å². The zero-order valence-corrected chi connectivity index (χ0v) is 22.5. The van der Waals surface area contributed by atoms with Crippen molar-refractivity contribution in [2.45, 2.75) is 45.2 Å². The van der Waals surface area contributed by atoms with Crippen molar-refractivity contribution in [1.82, 2.24) is 15.1 Å². The van der Waals surface area contributed by atoms with Crippen LogP contribution in [0.25, 0.3) is 0 Å². The average molecular weight is 575 g/mol. The summed E-state index contributed by atoms with van der Waals surface area (Å²) in [5, 5.41) is 3.34. The molecule has 1 fully saturated rings. The van der Waals surface area contributed by atoms with Crippen LogP contribution in [0, 0.1) is 0 Å². The van der Waals surface area contributed by atoms with Gasteiger partial charge in [-0.05, 0) is 51.1 Å². The first-order valence-electron chi connectivity index (χ1n) is 10.7. The molecule has 1 saturated heterocycles. The number of guanidine groups is 1. The Morgan fingerprint density at radius 1 is 1.19 bits per heavy atom. The van der Waals surface area contributed by atoms with Gasteiger partial charge in [0, 0.05) is 26.2 Å². The highest BCUT2D eigenvalue weighted by Crippen LogP contribution is 2.24. The van der Waals surface area contributed by atoms with Crippen LogP contribution in [0.15, 0.2) is 52.1 Å². The summed E-state index contributed by atoms with van der Waals surface area (Å²) in [4.78, 5) is 9.14. The third kappa shape index (κ3) is 6.71. The Morgan fingerprint density at radius 3 is 2.53 bits per heavy atom. The number of nitrogens with one attached hydrogen (secondary N) is 1. The number of benzene rings is 1. The molecule has 0 saturated carbocycles. The number of halogens is 1. The molecule has 0 spiro atoms. The van der Waals surface area contributed by atoms with E-state index in [2.05, 4.69) is 34.3 Å². The van der Waals surface area contributed by atoms with Gasteiger partial charge in [0.1, 0.15) is 5.76 Å². The van der Waals surface area contributed by atoms with Gasteiger partial charge in [-0.15, -0.1) is 24.0 Å². The van der Waals surface area contributed by atoms with Crippen LogP contribution in [-0.2, 0) is 29.5 Å². The molecule has 0 radical (unpaired) electrons. The van der Waals surface area contributed by atoms with Crippen LogP contribution in [0.4, 0.5) is 0 Å². The van der Waals surface area contributed by atoms with E-state index in [1.54, 1.807) is 20.1 Å². The van der Waals surface area contributed by atoms with E-state index >= 15 is 0 Å². The van der Waals surface area contributed by atoms with Gasteiger partial charge in [-0.1, -0.05) is 24.3 Å². The molecule has 0 amide bonds. The summed E-state index contributed by atoms with van der Waals surface area (Å²) < 4.78 is 29.4. The number of hydrogen-bond donors (Lipinski definition) is 1. The molecule has 1 N–H and O–H groups in total. The quantitative estimate of drug-likeness (QED) is 0.310. The van der Waals surface area contributed by atoms with Crippen molar-refractivity contribution in [2.24, 2.45) is 4.99 Å². The number of rotatable bonds is 7. The maximum absolute atomic E-state index is 12.4. The van der Waals surface area contributed by atoms with Gasteiger partial charge < -0.3 is 14.6 Å². The van der Waals surface area contributed by atoms with E-state index < -0.39 is 14.6 Å². The van der Waals surface area contributed by atoms with E-state index in [0.717, 1.165) is 36.9 Å². The molecule has 1 aromatic carbocycles. The number of furan rings is 1. The predicted octanol–water partition coefficient (Wildman–Crippen LogP) is 3.50. The van der Waals surface area contributed by atoms with Crippen LogP contribution in [-0.4, -0.2) is 61.4 Å². The maximum atomic E-state index is 12.4. The summed E-state index contributed by atoms with van der Waals surface area (Å²) in [6, 6.07) is 12.2. The topological polar surface area (TPSA) is 78.2 Å². The summed E-state index contributed by atoms with van der Waals surface area (Å²) in [5.41, 5.74) is 2.38. The summed E-state index contributed by atoms with van der Waals surface area (Å²) in [6.07, 6.45) is 1.70. The normalized spacial score (nSPS) is 17.8. The standard InChI is InChI=1S/C23H34N4O3S.HI/c1-5-24-22(27-12-14-31(28,29)23(2,3)18-27)25-15-19-9-6-7-10-20(19)16-26(4)17-21-11-8-13-30-21;/h6-11,13H,5,12,14-18H2,1-4H3,(H,24,25);1H. The summed E-state index contributed by atoms with van der Waals surface area (Å²) in [7, 11) is -1.02. The monoisotopic (exact) mass is 574 g/mol. The summed E-state index contributed by atoms with van der Waals surface area (Å²) >= 11 is 0. The molecule has 0 bridgehead atoms. The first kappa shape index (κ1) is 26.7. The molecule has 7 nitrogen and oxygen atoms in total. The molecule has 0 aliphatic carbocycles. The molecule has 2 heterocycles. The average Bonchev–Trinajstić information content (AvgIpc) is 3.21. The van der Waals surface area contributed by atoms with Crippen LogP contribution in [0.2, 0.25) is 0 Å². The van der Waals surface area contributed by atoms with Crippen molar-refractivity contribution >= 4 is 39.8 Å². The smallest absolute Gasteiger partial charge is 0.194 e. The largest absolute Gasteiger partial charge is 0.468 e. The molecule has 3 rings (SSSR count). The fraction of sp³-hybridized carbons (Fsp3) is 0.522. The lowest BCUT2D eigenvalue weighted by Gasteiger charge is -2.39. The summed E-state index contributed by atoms with van der Waals surface area (Å²) in [5.74, 6) is 1.86. The molecule has 0 atom stereocenters. The van der Waals surface area contributed by atoms with E-state index in [0.29, 0.717) is 19.6 Å². The fourth-order valence-corrected chi connectivity index (χ4v) is 5.16. The van der Waals surface area contributed by atoms with Crippen molar-refractivity contribution < 1.29 is 12.8 Å². The Morgan fingerprint density at radius 2 is 1.91 bits per heavy atom. The van der Waals surface area contributed by atoms with E-state index in [4.69, 9.17) is 9.41 Å². The van der Waals surface area contributed by atoms with E-state index in [-0.39, 0.29) is 29.7 Å². The van der Waals surface area contributed by atoms with Crippen molar-refractivity contribution in [3.05, 3.63) is 59.5 Å². The highest BCUT2D eigenvalue weighted by molar-refractivity contribution is 14.0. The Labute approximate surface area is 209 Å². The number of nitrogens with zero attached hydrogens (tertiary/aromatic N) is 3. The molecule has 1 aromatic heterocycles. The molecule has 1 aliphatic heterocycles. The third-order valence-corrected chi connectivity index (χ3v) is 8.17. The minimum Gasteiger partial charge on any atom is -0.468 e. The molecular weight excluding hydrogens is 539 g/mol. The zero-order valence-electron chi connectivity index (χ0n) is 19.4. The van der Waals surface area contributed by atoms with Gasteiger partial charge in [-0.25, -0.2) is 13.4 Å². The third-order valence-electron chi connectivity index (χ3n) is 5.64. The van der Waals surface area contributed by atoms with Gasteiger partial charge in [0.05, 0.1) is 29.9 Å². The molecule has 1 aliphatic rings. The Bertz CT molecular complexity index is 990. The fourth-order valence-electron chi connectivity index (χ4n) is 3.79. The number of hydrogen-bond acceptors (Lipinski definition) is 5. The van der Waals surface area contributed by atoms with Crippen molar-refractivity contribution in [3.8, 4) is 0 Å². The van der Waals surface area contributed by atoms with Crippen LogP contribution in [0.1, 0.15) is 37.7 Å². The molecule has 0 unspecified atom stereocenters. The lowest BCUT2D eigenvalue weighted by Crippen LogP contribution is -2.57. The van der Waals surface area contributed by atoms with Crippen LogP contribution < -0.4 is 5.32 Å². The Hall–Kier alpha value is -1.59. The lowest BCUT2D eigenvalue weighted by molar-refractivity contribution is 0.287. The first-order chi connectivity index (χ1) is 14.7. The minimum absolute atomic E-state index is 0. The van der Waals surface area contributed by atoms with E-state index in [1.807, 2.05) is 31.2 Å². The van der Waals surface area contributed by atoms with Gasteiger partial charge in [-0.3, -0.25) is 4.90 Å². The highest BCUT2D eigenvalue weighted by atomic mass is 127. The Kier molecular flexibility index (Phi) is 9.59. The predicted molar refractivity (Wildman–Crippen MR) is 140 cm³/mol. The van der Waals surface area contributed by atoms with Gasteiger partial charge in [0.25, 0.3) is 0 Å². The van der Waals surface area contributed by atoms with Crippen LogP contribution >= 0.6 is 24.0 Å². The lowest BCUT2D eigenvalue weighted by atomic mass is 10.1. The van der Waals surface area contributed by atoms with Gasteiger partial charge >= 0.3 is 0 Å². The second-order valence-corrected chi connectivity index (χ2v) is 11.4. The van der Waals surface area contributed by atoms with Gasteiger partial charge in [0.2, 0.25) is 0 Å². The maximum Gasteiger partial charge on any atom is 0.194 e. The molecule has 178 valence electrons. The zero-order chi connectivity index (χ0) is 22.5. The van der Waals surface area contributed by atoms with Gasteiger partial charge in [-0.2, -0.15) is 0 Å². The first-order valence-corrected chi connectivity index (χ1v) is 12.4. The molecule has 9 heteroatoms. The number of aliphatic imine (C=N–C) groups is 1. The van der Waals surface area contributed by atoms with Crippen molar-refractivity contribution in [2.75, 3.05) is 32.4 Å². The molecule has 32 heavy (non-hydrogen) atoms.